The molecule has 2 aliphatic rings. The molecule has 0 unspecified atom stereocenters. The highest BCUT2D eigenvalue weighted by molar-refractivity contribution is 6.32. The Morgan fingerprint density at radius 3 is 2.78 bits per heavy atom. The summed E-state index contributed by atoms with van der Waals surface area (Å²) in [6.07, 6.45) is 6.23. The number of rotatable bonds is 10. The zero-order valence-corrected chi connectivity index (χ0v) is 20.7. The Hall–Kier alpha value is -3.83. The number of benzene rings is 1. The molecule has 36 heavy (non-hydrogen) atoms. The molecule has 1 saturated heterocycles. The van der Waals surface area contributed by atoms with Crippen LogP contribution in [-0.4, -0.2) is 64.7 Å². The first kappa shape index (κ1) is 23.9. The number of anilines is 3. The first-order chi connectivity index (χ1) is 17.4. The molecule has 188 valence electrons. The minimum atomic E-state index is -0.559. The zero-order valence-electron chi connectivity index (χ0n) is 20.0. The summed E-state index contributed by atoms with van der Waals surface area (Å²) in [5.41, 5.74) is 2.00. The Morgan fingerprint density at radius 2 is 2.08 bits per heavy atom. The Kier molecular flexibility index (Phi) is 6.66. The SMILES string of the molecule is CN(C)CCCOc1ccc(Nc2cc(NC3CC3)n3ncc(C=C4NC(=O)NC4=O)c3n2)cc1Cl. The van der Waals surface area contributed by atoms with Crippen LogP contribution in [-0.2, 0) is 4.79 Å². The Bertz CT molecular complexity index is 1350. The normalized spacial score (nSPS) is 16.5. The van der Waals surface area contributed by atoms with Crippen LogP contribution in [0.4, 0.5) is 22.1 Å². The highest BCUT2D eigenvalue weighted by Crippen LogP contribution is 2.31. The molecule has 0 spiro atoms. The number of nitrogens with one attached hydrogen (secondary N) is 4. The fraction of sp³-hybridized carbons (Fsp3) is 0.333. The number of amides is 3. The summed E-state index contributed by atoms with van der Waals surface area (Å²) in [6.45, 7) is 1.52. The van der Waals surface area contributed by atoms with Gasteiger partial charge in [0.25, 0.3) is 5.91 Å². The lowest BCUT2D eigenvalue weighted by Crippen LogP contribution is -2.22. The van der Waals surface area contributed by atoms with Gasteiger partial charge in [-0.05, 0) is 57.6 Å². The predicted molar refractivity (Wildman–Crippen MR) is 138 cm³/mol. The summed E-state index contributed by atoms with van der Waals surface area (Å²) in [7, 11) is 4.05. The van der Waals surface area contributed by atoms with Crippen molar-refractivity contribution in [1.82, 2.24) is 30.1 Å². The number of hydrogen-bond donors (Lipinski definition) is 4. The number of carbonyl (C=O) groups excluding carboxylic acids is 2. The van der Waals surface area contributed by atoms with Gasteiger partial charge in [-0.25, -0.2) is 9.78 Å². The molecule has 3 amide bonds. The average Bonchev–Trinajstić information content (AvgIpc) is 3.46. The molecule has 1 aliphatic heterocycles. The third-order valence-corrected chi connectivity index (χ3v) is 5.96. The molecule has 0 atom stereocenters. The number of imide groups is 1. The maximum atomic E-state index is 12.0. The molecule has 12 heteroatoms. The maximum Gasteiger partial charge on any atom is 0.326 e. The highest BCUT2D eigenvalue weighted by Gasteiger charge is 2.25. The van der Waals surface area contributed by atoms with E-state index >= 15 is 0 Å². The molecular formula is C24H27ClN8O3. The largest absolute Gasteiger partial charge is 0.492 e. The summed E-state index contributed by atoms with van der Waals surface area (Å²) in [5, 5.41) is 16.4. The average molecular weight is 511 g/mol. The van der Waals surface area contributed by atoms with Gasteiger partial charge < -0.3 is 25.6 Å². The molecule has 3 aromatic rings. The van der Waals surface area contributed by atoms with E-state index in [1.54, 1.807) is 22.9 Å². The molecule has 5 rings (SSSR count). The molecule has 0 bridgehead atoms. The van der Waals surface area contributed by atoms with E-state index in [9.17, 15) is 9.59 Å². The number of ether oxygens (including phenoxy) is 1. The van der Waals surface area contributed by atoms with E-state index in [1.165, 1.54) is 0 Å². The molecule has 2 aromatic heterocycles. The molecule has 0 radical (unpaired) electrons. The van der Waals surface area contributed by atoms with E-state index in [4.69, 9.17) is 21.3 Å². The predicted octanol–water partition coefficient (Wildman–Crippen LogP) is 3.21. The molecule has 1 aliphatic carbocycles. The lowest BCUT2D eigenvalue weighted by atomic mass is 10.2. The smallest absolute Gasteiger partial charge is 0.326 e. The van der Waals surface area contributed by atoms with Crippen LogP contribution in [0.2, 0.25) is 5.02 Å². The molecule has 3 heterocycles. The highest BCUT2D eigenvalue weighted by atomic mass is 35.5. The summed E-state index contributed by atoms with van der Waals surface area (Å²) in [6, 6.07) is 7.20. The minimum absolute atomic E-state index is 0.139. The van der Waals surface area contributed by atoms with Gasteiger partial charge in [0.2, 0.25) is 0 Å². The molecule has 1 aromatic carbocycles. The van der Waals surface area contributed by atoms with Gasteiger partial charge in [0, 0.05) is 29.9 Å². The standard InChI is InChI=1S/C24H27ClN8O3/c1-32(2)8-3-9-36-19-7-6-16(11-17(19)25)27-20-12-21(28-15-4-5-15)33-22(30-20)14(13-26-33)10-18-23(34)31-24(35)29-18/h6-7,10-13,15,28H,3-5,8-9H2,1-2H3,(H,27,30)(H2,29,31,34,35). The number of halogens is 1. The van der Waals surface area contributed by atoms with Gasteiger partial charge in [-0.2, -0.15) is 9.61 Å². The van der Waals surface area contributed by atoms with Gasteiger partial charge in [0.05, 0.1) is 17.8 Å². The first-order valence-corrected chi connectivity index (χ1v) is 12.1. The van der Waals surface area contributed by atoms with E-state index in [1.807, 2.05) is 32.3 Å². The van der Waals surface area contributed by atoms with Crippen molar-refractivity contribution < 1.29 is 14.3 Å². The Morgan fingerprint density at radius 1 is 1.25 bits per heavy atom. The van der Waals surface area contributed by atoms with E-state index in [-0.39, 0.29) is 5.70 Å². The van der Waals surface area contributed by atoms with Gasteiger partial charge in [0.15, 0.2) is 5.65 Å². The van der Waals surface area contributed by atoms with Crippen LogP contribution in [0.15, 0.2) is 36.2 Å². The third-order valence-electron chi connectivity index (χ3n) is 5.66. The summed E-state index contributed by atoms with van der Waals surface area (Å²) in [5.74, 6) is 1.47. The molecule has 4 N–H and O–H groups in total. The first-order valence-electron chi connectivity index (χ1n) is 11.7. The number of fused-ring (bicyclic) bond motifs is 1. The van der Waals surface area contributed by atoms with Crippen molar-refractivity contribution in [2.75, 3.05) is 37.9 Å². The fourth-order valence-electron chi connectivity index (χ4n) is 3.73. The minimum Gasteiger partial charge on any atom is -0.492 e. The van der Waals surface area contributed by atoms with Gasteiger partial charge in [0.1, 0.15) is 23.1 Å². The second kappa shape index (κ2) is 10.0. The van der Waals surface area contributed by atoms with Crippen LogP contribution < -0.4 is 26.0 Å². The number of aromatic nitrogens is 3. The number of carbonyl (C=O) groups is 2. The third kappa shape index (κ3) is 5.52. The molecule has 2 fully saturated rings. The number of hydrogen-bond acceptors (Lipinski definition) is 8. The van der Waals surface area contributed by atoms with Crippen LogP contribution in [0.1, 0.15) is 24.8 Å². The van der Waals surface area contributed by atoms with Crippen LogP contribution in [0, 0.1) is 0 Å². The van der Waals surface area contributed by atoms with Crippen molar-refractivity contribution in [3.63, 3.8) is 0 Å². The van der Waals surface area contributed by atoms with E-state index in [2.05, 4.69) is 31.3 Å². The maximum absolute atomic E-state index is 12.0. The van der Waals surface area contributed by atoms with E-state index < -0.39 is 11.9 Å². The Balaban J connectivity index is 1.40. The van der Waals surface area contributed by atoms with E-state index in [0.717, 1.165) is 37.3 Å². The van der Waals surface area contributed by atoms with Crippen LogP contribution in [0.3, 0.4) is 0 Å². The van der Waals surface area contributed by atoms with Crippen LogP contribution >= 0.6 is 11.6 Å². The lowest BCUT2D eigenvalue weighted by molar-refractivity contribution is -0.115. The van der Waals surface area contributed by atoms with Crippen molar-refractivity contribution in [3.05, 3.63) is 46.7 Å². The molecule has 11 nitrogen and oxygen atoms in total. The molecular weight excluding hydrogens is 484 g/mol. The van der Waals surface area contributed by atoms with Crippen molar-refractivity contribution in [2.24, 2.45) is 0 Å². The van der Waals surface area contributed by atoms with Crippen LogP contribution in [0.25, 0.3) is 11.7 Å². The second-order valence-electron chi connectivity index (χ2n) is 9.02. The van der Waals surface area contributed by atoms with Crippen molar-refractivity contribution in [3.8, 4) is 5.75 Å². The lowest BCUT2D eigenvalue weighted by Gasteiger charge is -2.14. The quantitative estimate of drug-likeness (QED) is 0.186. The van der Waals surface area contributed by atoms with Gasteiger partial charge in [-0.15, -0.1) is 0 Å². The van der Waals surface area contributed by atoms with E-state index in [0.29, 0.717) is 40.4 Å². The summed E-state index contributed by atoms with van der Waals surface area (Å²) < 4.78 is 7.49. The summed E-state index contributed by atoms with van der Waals surface area (Å²) in [4.78, 5) is 30.3. The van der Waals surface area contributed by atoms with Gasteiger partial charge in [-0.3, -0.25) is 10.1 Å². The monoisotopic (exact) mass is 510 g/mol. The zero-order chi connectivity index (χ0) is 25.2. The topological polar surface area (TPSA) is 125 Å². The Labute approximate surface area is 212 Å². The molecule has 1 saturated carbocycles. The fourth-order valence-corrected chi connectivity index (χ4v) is 3.96. The van der Waals surface area contributed by atoms with Crippen molar-refractivity contribution in [1.29, 1.82) is 0 Å². The van der Waals surface area contributed by atoms with Crippen molar-refractivity contribution >= 4 is 52.6 Å². The number of urea groups is 1. The van der Waals surface area contributed by atoms with Gasteiger partial charge in [-0.1, -0.05) is 11.6 Å². The summed E-state index contributed by atoms with van der Waals surface area (Å²) >= 11 is 6.47. The van der Waals surface area contributed by atoms with Crippen molar-refractivity contribution in [2.45, 2.75) is 25.3 Å². The van der Waals surface area contributed by atoms with Crippen LogP contribution in [0.5, 0.6) is 5.75 Å². The number of nitrogens with zero attached hydrogens (tertiary/aromatic N) is 4. The van der Waals surface area contributed by atoms with Gasteiger partial charge >= 0.3 is 6.03 Å². The second-order valence-corrected chi connectivity index (χ2v) is 9.43.